The molecule has 22 heavy (non-hydrogen) atoms. The molecule has 4 heteroatoms. The molecule has 2 rings (SSSR count). The second-order valence-electron chi connectivity index (χ2n) is 4.94. The van der Waals surface area contributed by atoms with Gasteiger partial charge in [0.2, 0.25) is 0 Å². The fourth-order valence-electron chi connectivity index (χ4n) is 1.96. The molecule has 0 atom stereocenters. The minimum absolute atomic E-state index is 0.138. The van der Waals surface area contributed by atoms with E-state index in [4.69, 9.17) is 9.47 Å². The van der Waals surface area contributed by atoms with Gasteiger partial charge in [0.05, 0.1) is 6.61 Å². The lowest BCUT2D eigenvalue weighted by Gasteiger charge is -2.12. The lowest BCUT2D eigenvalue weighted by Crippen LogP contribution is -2.04. The predicted molar refractivity (Wildman–Crippen MR) is 84.6 cm³/mol. The van der Waals surface area contributed by atoms with Crippen molar-refractivity contribution in [1.82, 2.24) is 0 Å². The van der Waals surface area contributed by atoms with Gasteiger partial charge in [0.25, 0.3) is 0 Å². The number of hydrogen-bond acceptors (Lipinski definition) is 3. The van der Waals surface area contributed by atoms with Gasteiger partial charge in [-0.05, 0) is 24.1 Å². The Labute approximate surface area is 130 Å². The number of carbonyl (C=O) groups is 1. The van der Waals surface area contributed by atoms with Crippen molar-refractivity contribution < 1.29 is 19.4 Å². The van der Waals surface area contributed by atoms with E-state index >= 15 is 0 Å². The van der Waals surface area contributed by atoms with Crippen LogP contribution in [0.2, 0.25) is 0 Å². The van der Waals surface area contributed by atoms with Crippen molar-refractivity contribution in [3.8, 4) is 11.5 Å². The van der Waals surface area contributed by atoms with Crippen LogP contribution in [0, 0.1) is 0 Å². The first kappa shape index (κ1) is 15.9. The molecule has 0 aromatic heterocycles. The summed E-state index contributed by atoms with van der Waals surface area (Å²) in [5.41, 5.74) is 1.12. The molecule has 0 aliphatic rings. The van der Waals surface area contributed by atoms with Crippen LogP contribution in [-0.2, 0) is 6.61 Å². The summed E-state index contributed by atoms with van der Waals surface area (Å²) < 4.78 is 11.3. The Kier molecular flexibility index (Phi) is 5.83. The zero-order chi connectivity index (χ0) is 15.8. The summed E-state index contributed by atoms with van der Waals surface area (Å²) in [7, 11) is 0. The first-order valence-electron chi connectivity index (χ1n) is 7.37. The third-order valence-electron chi connectivity index (χ3n) is 3.19. The predicted octanol–water partition coefficient (Wildman–Crippen LogP) is 4.14. The third kappa shape index (κ3) is 4.52. The van der Waals surface area contributed by atoms with E-state index in [1.165, 1.54) is 6.07 Å². The number of hydrogen-bond donors (Lipinski definition) is 1. The maximum atomic E-state index is 11.3. The molecule has 0 amide bonds. The Bertz CT molecular complexity index is 608. The Balaban J connectivity index is 2.11. The van der Waals surface area contributed by atoms with Gasteiger partial charge in [0, 0.05) is 6.07 Å². The van der Waals surface area contributed by atoms with Gasteiger partial charge in [-0.2, -0.15) is 0 Å². The molecule has 0 radical (unpaired) electrons. The number of aromatic carboxylic acids is 1. The monoisotopic (exact) mass is 300 g/mol. The van der Waals surface area contributed by atoms with Gasteiger partial charge in [-0.3, -0.25) is 0 Å². The fraction of sp³-hybridized carbons (Fsp3) is 0.278. The molecule has 2 aromatic rings. The number of carboxylic acids is 1. The van der Waals surface area contributed by atoms with E-state index in [2.05, 4.69) is 6.92 Å². The summed E-state index contributed by atoms with van der Waals surface area (Å²) in [6.45, 7) is 3.02. The van der Waals surface area contributed by atoms with Crippen molar-refractivity contribution in [1.29, 1.82) is 0 Å². The second kappa shape index (κ2) is 8.08. The van der Waals surface area contributed by atoms with Crippen LogP contribution in [-0.4, -0.2) is 17.7 Å². The molecule has 0 aliphatic heterocycles. The van der Waals surface area contributed by atoms with Crippen molar-refractivity contribution >= 4 is 5.97 Å². The highest BCUT2D eigenvalue weighted by atomic mass is 16.5. The Morgan fingerprint density at radius 3 is 2.55 bits per heavy atom. The van der Waals surface area contributed by atoms with Gasteiger partial charge in [-0.25, -0.2) is 4.79 Å². The van der Waals surface area contributed by atoms with Gasteiger partial charge in [-0.1, -0.05) is 43.7 Å². The number of carboxylic acid groups (broad SMARTS) is 1. The molecule has 1 N–H and O–H groups in total. The van der Waals surface area contributed by atoms with Crippen LogP contribution >= 0.6 is 0 Å². The Hall–Kier alpha value is -2.49. The number of rotatable bonds is 8. The van der Waals surface area contributed by atoms with Crippen molar-refractivity contribution in [3.05, 3.63) is 59.7 Å². The number of benzene rings is 2. The highest BCUT2D eigenvalue weighted by Crippen LogP contribution is 2.26. The average molecular weight is 300 g/mol. The van der Waals surface area contributed by atoms with Gasteiger partial charge < -0.3 is 14.6 Å². The third-order valence-corrected chi connectivity index (χ3v) is 3.19. The van der Waals surface area contributed by atoms with Crippen LogP contribution in [0.3, 0.4) is 0 Å². The summed E-state index contributed by atoms with van der Waals surface area (Å²) in [6.07, 6.45) is 2.01. The fourth-order valence-corrected chi connectivity index (χ4v) is 1.96. The summed E-state index contributed by atoms with van der Waals surface area (Å²) >= 11 is 0. The van der Waals surface area contributed by atoms with Gasteiger partial charge in [-0.15, -0.1) is 0 Å². The van der Waals surface area contributed by atoms with Crippen LogP contribution in [0.25, 0.3) is 0 Å². The zero-order valence-electron chi connectivity index (χ0n) is 12.6. The molecule has 0 bridgehead atoms. The molecule has 0 aliphatic carbocycles. The minimum atomic E-state index is -1.01. The van der Waals surface area contributed by atoms with Crippen molar-refractivity contribution in [2.75, 3.05) is 6.61 Å². The van der Waals surface area contributed by atoms with Crippen molar-refractivity contribution in [3.63, 3.8) is 0 Å². The molecule has 4 nitrogen and oxygen atoms in total. The molecule has 116 valence electrons. The van der Waals surface area contributed by atoms with E-state index < -0.39 is 5.97 Å². The molecule has 0 saturated heterocycles. The highest BCUT2D eigenvalue weighted by molar-refractivity contribution is 5.91. The van der Waals surface area contributed by atoms with Gasteiger partial charge in [0.15, 0.2) is 0 Å². The summed E-state index contributed by atoms with van der Waals surface area (Å²) in [5, 5.41) is 9.25. The summed E-state index contributed by atoms with van der Waals surface area (Å²) in [4.78, 5) is 11.3. The lowest BCUT2D eigenvalue weighted by atomic mass is 10.2. The van der Waals surface area contributed by atoms with Crippen LogP contribution < -0.4 is 9.47 Å². The topological polar surface area (TPSA) is 55.8 Å². The largest absolute Gasteiger partial charge is 0.493 e. The molecule has 0 saturated carbocycles. The number of unbranched alkanes of at least 4 members (excludes halogenated alkanes) is 1. The average Bonchev–Trinajstić information content (AvgIpc) is 2.54. The summed E-state index contributed by atoms with van der Waals surface area (Å²) in [6, 6.07) is 14.4. The van der Waals surface area contributed by atoms with Crippen LogP contribution in [0.4, 0.5) is 0 Å². The van der Waals surface area contributed by atoms with Crippen LogP contribution in [0.5, 0.6) is 11.5 Å². The first-order chi connectivity index (χ1) is 10.7. The summed E-state index contributed by atoms with van der Waals surface area (Å²) in [5.74, 6) is -0.0602. The van der Waals surface area contributed by atoms with Crippen LogP contribution in [0.1, 0.15) is 35.7 Å². The maximum absolute atomic E-state index is 11.3. The van der Waals surface area contributed by atoms with Gasteiger partial charge in [0.1, 0.15) is 23.7 Å². The van der Waals surface area contributed by atoms with Gasteiger partial charge >= 0.3 is 5.97 Å². The van der Waals surface area contributed by atoms with Crippen LogP contribution in [0.15, 0.2) is 48.5 Å². The molecular weight excluding hydrogens is 280 g/mol. The van der Waals surface area contributed by atoms with E-state index in [9.17, 15) is 9.90 Å². The van der Waals surface area contributed by atoms with Crippen molar-refractivity contribution in [2.24, 2.45) is 0 Å². The standard InChI is InChI=1S/C18H20O4/c1-2-3-11-21-15-9-10-16(18(19)20)17(12-15)22-13-14-7-5-4-6-8-14/h4-10,12H,2-3,11,13H2,1H3,(H,19,20). The van der Waals surface area contributed by atoms with E-state index in [0.29, 0.717) is 24.7 Å². The van der Waals surface area contributed by atoms with E-state index in [-0.39, 0.29) is 5.56 Å². The molecule has 0 unspecified atom stereocenters. The first-order valence-corrected chi connectivity index (χ1v) is 7.37. The lowest BCUT2D eigenvalue weighted by molar-refractivity contribution is 0.0691. The highest BCUT2D eigenvalue weighted by Gasteiger charge is 2.13. The quantitative estimate of drug-likeness (QED) is 0.744. The second-order valence-corrected chi connectivity index (χ2v) is 4.94. The normalized spacial score (nSPS) is 10.2. The molecule has 0 fully saturated rings. The number of ether oxygens (including phenoxy) is 2. The molecule has 0 heterocycles. The van der Waals surface area contributed by atoms with E-state index in [0.717, 1.165) is 18.4 Å². The Morgan fingerprint density at radius 1 is 1.09 bits per heavy atom. The molecule has 2 aromatic carbocycles. The SMILES string of the molecule is CCCCOc1ccc(C(=O)O)c(OCc2ccccc2)c1. The van der Waals surface area contributed by atoms with Crippen molar-refractivity contribution in [2.45, 2.75) is 26.4 Å². The zero-order valence-corrected chi connectivity index (χ0v) is 12.6. The maximum Gasteiger partial charge on any atom is 0.339 e. The minimum Gasteiger partial charge on any atom is -0.493 e. The molecule has 0 spiro atoms. The molecular formula is C18H20O4. The van der Waals surface area contributed by atoms with E-state index in [1.807, 2.05) is 30.3 Å². The smallest absolute Gasteiger partial charge is 0.339 e. The Morgan fingerprint density at radius 2 is 1.86 bits per heavy atom. The van der Waals surface area contributed by atoms with E-state index in [1.54, 1.807) is 12.1 Å².